The molecule has 1 aliphatic carbocycles. The van der Waals surface area contributed by atoms with Crippen LogP contribution in [-0.2, 0) is 0 Å². The number of aromatic nitrogens is 2. The lowest BCUT2D eigenvalue weighted by Crippen LogP contribution is -2.25. The molecular formula is C12H19N3O3S. The predicted molar refractivity (Wildman–Crippen MR) is 73.5 cm³/mol. The zero-order valence-corrected chi connectivity index (χ0v) is 11.7. The average Bonchev–Trinajstić information content (AvgIpc) is 2.55. The Morgan fingerprint density at radius 2 is 2.11 bits per heavy atom. The minimum atomic E-state index is -1.07. The zero-order valence-electron chi connectivity index (χ0n) is 10.9. The van der Waals surface area contributed by atoms with Gasteiger partial charge < -0.3 is 15.9 Å². The number of thioether (sulfide) groups is 1. The molecule has 19 heavy (non-hydrogen) atoms. The van der Waals surface area contributed by atoms with Crippen LogP contribution in [0.1, 0.15) is 48.5 Å². The molecule has 0 aromatic carbocycles. The van der Waals surface area contributed by atoms with Crippen LogP contribution in [0.5, 0.6) is 0 Å². The van der Waals surface area contributed by atoms with Gasteiger partial charge in [0.15, 0.2) is 0 Å². The molecule has 0 radical (unpaired) electrons. The Bertz CT molecular complexity index is 475. The van der Waals surface area contributed by atoms with Gasteiger partial charge in [-0.1, -0.05) is 19.3 Å². The summed E-state index contributed by atoms with van der Waals surface area (Å²) < 4.78 is 1.51. The third-order valence-electron chi connectivity index (χ3n) is 3.58. The van der Waals surface area contributed by atoms with Gasteiger partial charge in [-0.25, -0.2) is 9.48 Å². The minimum absolute atomic E-state index is 0.0453. The van der Waals surface area contributed by atoms with E-state index >= 15 is 0 Å². The Hall–Kier alpha value is -1.21. The monoisotopic (exact) mass is 285 g/mol. The topological polar surface area (TPSA) is 101 Å². The standard InChI is InChI=1S/C12H19N3O3S/c1-19-11-9(12(17)18)10(13)15(14-11)7-5-3-2-4-6-8(7)16/h7-8,16H,2-6,13H2,1H3,(H,17,18). The van der Waals surface area contributed by atoms with Crippen LogP contribution in [0.4, 0.5) is 5.82 Å². The van der Waals surface area contributed by atoms with Gasteiger partial charge in [-0.2, -0.15) is 5.10 Å². The molecule has 1 saturated carbocycles. The predicted octanol–water partition coefficient (Wildman–Crippen LogP) is 1.75. The minimum Gasteiger partial charge on any atom is -0.477 e. The van der Waals surface area contributed by atoms with E-state index in [9.17, 15) is 15.0 Å². The fourth-order valence-electron chi connectivity index (χ4n) is 2.58. The smallest absolute Gasteiger partial charge is 0.342 e. The number of aliphatic hydroxyl groups is 1. The van der Waals surface area contributed by atoms with Gasteiger partial charge in [0.1, 0.15) is 16.4 Å². The van der Waals surface area contributed by atoms with Crippen LogP contribution in [0.25, 0.3) is 0 Å². The van der Waals surface area contributed by atoms with Crippen molar-refractivity contribution in [3.8, 4) is 0 Å². The van der Waals surface area contributed by atoms with Crippen molar-refractivity contribution in [3.63, 3.8) is 0 Å². The number of hydrogen-bond donors (Lipinski definition) is 3. The maximum atomic E-state index is 11.2. The van der Waals surface area contributed by atoms with E-state index in [0.717, 1.165) is 25.7 Å². The van der Waals surface area contributed by atoms with Crippen LogP contribution in [0.15, 0.2) is 5.03 Å². The van der Waals surface area contributed by atoms with Gasteiger partial charge in [0, 0.05) is 0 Å². The second-order valence-corrected chi connectivity index (χ2v) is 5.59. The first kappa shape index (κ1) is 14.2. The molecule has 0 saturated heterocycles. The molecule has 0 aliphatic heterocycles. The third-order valence-corrected chi connectivity index (χ3v) is 4.25. The van der Waals surface area contributed by atoms with Crippen molar-refractivity contribution >= 4 is 23.5 Å². The van der Waals surface area contributed by atoms with Gasteiger partial charge in [0.05, 0.1) is 12.1 Å². The number of nitrogens with zero attached hydrogens (tertiary/aromatic N) is 2. The highest BCUT2D eigenvalue weighted by Gasteiger charge is 2.29. The van der Waals surface area contributed by atoms with Gasteiger partial charge in [-0.15, -0.1) is 11.8 Å². The molecule has 2 atom stereocenters. The molecule has 106 valence electrons. The summed E-state index contributed by atoms with van der Waals surface area (Å²) >= 11 is 1.25. The molecule has 6 nitrogen and oxygen atoms in total. The number of rotatable bonds is 3. The van der Waals surface area contributed by atoms with Gasteiger partial charge in [0.2, 0.25) is 0 Å². The maximum Gasteiger partial charge on any atom is 0.342 e. The summed E-state index contributed by atoms with van der Waals surface area (Å²) in [4.78, 5) is 11.2. The fraction of sp³-hybridized carbons (Fsp3) is 0.667. The normalized spacial score (nSPS) is 24.1. The summed E-state index contributed by atoms with van der Waals surface area (Å²) in [6.45, 7) is 0. The van der Waals surface area contributed by atoms with E-state index in [-0.39, 0.29) is 17.4 Å². The van der Waals surface area contributed by atoms with Crippen LogP contribution in [0.2, 0.25) is 0 Å². The first-order valence-electron chi connectivity index (χ1n) is 6.39. The molecule has 0 bridgehead atoms. The number of anilines is 1. The second-order valence-electron chi connectivity index (χ2n) is 4.79. The summed E-state index contributed by atoms with van der Waals surface area (Å²) in [5.41, 5.74) is 5.97. The molecule has 0 amide bonds. The lowest BCUT2D eigenvalue weighted by Gasteiger charge is -2.21. The number of carbonyl (C=O) groups is 1. The van der Waals surface area contributed by atoms with Crippen molar-refractivity contribution in [3.05, 3.63) is 5.56 Å². The highest BCUT2D eigenvalue weighted by atomic mass is 32.2. The Morgan fingerprint density at radius 3 is 2.68 bits per heavy atom. The third kappa shape index (κ3) is 2.71. The highest BCUT2D eigenvalue weighted by Crippen LogP contribution is 2.33. The number of nitrogens with two attached hydrogens (primary N) is 1. The first-order chi connectivity index (χ1) is 9.06. The zero-order chi connectivity index (χ0) is 14.0. The summed E-state index contributed by atoms with van der Waals surface area (Å²) in [6, 6.07) is -0.221. The van der Waals surface area contributed by atoms with E-state index in [4.69, 9.17) is 5.73 Å². The Labute approximate surface area is 116 Å². The maximum absolute atomic E-state index is 11.2. The van der Waals surface area contributed by atoms with Crippen molar-refractivity contribution in [2.45, 2.75) is 49.3 Å². The van der Waals surface area contributed by atoms with Crippen molar-refractivity contribution in [1.82, 2.24) is 9.78 Å². The number of aromatic carboxylic acids is 1. The average molecular weight is 285 g/mol. The van der Waals surface area contributed by atoms with Gasteiger partial charge in [-0.3, -0.25) is 0 Å². The SMILES string of the molecule is CSc1nn(C2CCCCCC2O)c(N)c1C(=O)O. The van der Waals surface area contributed by atoms with Gasteiger partial charge >= 0.3 is 5.97 Å². The largest absolute Gasteiger partial charge is 0.477 e. The van der Waals surface area contributed by atoms with Crippen LogP contribution in [-0.4, -0.2) is 38.3 Å². The Balaban J connectivity index is 2.41. The number of nitrogen functional groups attached to an aromatic ring is 1. The number of carboxylic acids is 1. The fourth-order valence-corrected chi connectivity index (χ4v) is 3.14. The summed E-state index contributed by atoms with van der Waals surface area (Å²) in [6.07, 6.45) is 5.80. The van der Waals surface area contributed by atoms with Crippen molar-refractivity contribution < 1.29 is 15.0 Å². The van der Waals surface area contributed by atoms with Crippen LogP contribution in [0, 0.1) is 0 Å². The van der Waals surface area contributed by atoms with Gasteiger partial charge in [-0.05, 0) is 19.1 Å². The number of hydrogen-bond acceptors (Lipinski definition) is 5. The van der Waals surface area contributed by atoms with E-state index < -0.39 is 12.1 Å². The highest BCUT2D eigenvalue weighted by molar-refractivity contribution is 7.98. The molecule has 1 aliphatic rings. The summed E-state index contributed by atoms with van der Waals surface area (Å²) in [7, 11) is 0. The Kier molecular flexibility index (Phi) is 4.36. The molecule has 1 fully saturated rings. The molecule has 0 spiro atoms. The quantitative estimate of drug-likeness (QED) is 0.577. The van der Waals surface area contributed by atoms with Crippen molar-refractivity contribution in [2.75, 3.05) is 12.0 Å². The molecular weight excluding hydrogens is 266 g/mol. The molecule has 1 aromatic rings. The number of aliphatic hydroxyl groups excluding tert-OH is 1. The first-order valence-corrected chi connectivity index (χ1v) is 7.62. The summed E-state index contributed by atoms with van der Waals surface area (Å²) in [5.74, 6) is -0.931. The molecule has 2 rings (SSSR count). The number of carboxylic acid groups (broad SMARTS) is 1. The lowest BCUT2D eigenvalue weighted by molar-refractivity contribution is 0.0693. The van der Waals surface area contributed by atoms with E-state index in [1.807, 2.05) is 0 Å². The lowest BCUT2D eigenvalue weighted by atomic mass is 10.1. The van der Waals surface area contributed by atoms with Crippen LogP contribution >= 0.6 is 11.8 Å². The molecule has 1 heterocycles. The Morgan fingerprint density at radius 1 is 1.42 bits per heavy atom. The molecule has 7 heteroatoms. The van der Waals surface area contributed by atoms with E-state index in [1.54, 1.807) is 6.26 Å². The van der Waals surface area contributed by atoms with E-state index in [1.165, 1.54) is 16.4 Å². The van der Waals surface area contributed by atoms with Crippen molar-refractivity contribution in [2.24, 2.45) is 0 Å². The van der Waals surface area contributed by atoms with Gasteiger partial charge in [0.25, 0.3) is 0 Å². The molecule has 1 aromatic heterocycles. The van der Waals surface area contributed by atoms with Crippen LogP contribution in [0.3, 0.4) is 0 Å². The molecule has 2 unspecified atom stereocenters. The van der Waals surface area contributed by atoms with Crippen molar-refractivity contribution in [1.29, 1.82) is 0 Å². The van der Waals surface area contributed by atoms with E-state index in [0.29, 0.717) is 11.4 Å². The second kappa shape index (κ2) is 5.83. The van der Waals surface area contributed by atoms with E-state index in [2.05, 4.69) is 5.10 Å². The molecule has 4 N–H and O–H groups in total. The van der Waals surface area contributed by atoms with Crippen LogP contribution < -0.4 is 5.73 Å². The summed E-state index contributed by atoms with van der Waals surface area (Å²) in [5, 5.41) is 24.1.